The number of anilines is 1. The zero-order valence-corrected chi connectivity index (χ0v) is 10.0. The van der Waals surface area contributed by atoms with Crippen LogP contribution in [0.15, 0.2) is 12.5 Å². The molecule has 0 N–H and O–H groups in total. The van der Waals surface area contributed by atoms with Crippen LogP contribution in [0.4, 0.5) is 5.82 Å². The fraction of sp³-hybridized carbons (Fsp3) is 0.400. The van der Waals surface area contributed by atoms with Gasteiger partial charge in [-0.15, -0.1) is 0 Å². The van der Waals surface area contributed by atoms with Crippen molar-refractivity contribution < 1.29 is 4.79 Å². The predicted octanol–water partition coefficient (Wildman–Crippen LogP) is 1.10. The summed E-state index contributed by atoms with van der Waals surface area (Å²) < 4.78 is 0. The van der Waals surface area contributed by atoms with E-state index >= 15 is 0 Å². The van der Waals surface area contributed by atoms with E-state index in [4.69, 9.17) is 5.26 Å². The number of carbonyl (C=O) groups is 1. The first-order chi connectivity index (χ1) is 7.76. The summed E-state index contributed by atoms with van der Waals surface area (Å²) in [7, 11) is 0. The van der Waals surface area contributed by atoms with Gasteiger partial charge in [0.1, 0.15) is 18.0 Å². The van der Waals surface area contributed by atoms with Gasteiger partial charge < -0.3 is 0 Å². The molecule has 1 aromatic rings. The topological polar surface area (TPSA) is 69.9 Å². The lowest BCUT2D eigenvalue weighted by Gasteiger charge is -2.15. The third kappa shape index (κ3) is 1.91. The van der Waals surface area contributed by atoms with Crippen LogP contribution in [0.5, 0.6) is 0 Å². The molecule has 1 unspecified atom stereocenters. The van der Waals surface area contributed by atoms with Gasteiger partial charge >= 0.3 is 0 Å². The molecule has 0 saturated carbocycles. The highest BCUT2D eigenvalue weighted by molar-refractivity contribution is 9.09. The van der Waals surface area contributed by atoms with E-state index in [-0.39, 0.29) is 11.8 Å². The Morgan fingerprint density at radius 3 is 3.12 bits per heavy atom. The second kappa shape index (κ2) is 4.58. The van der Waals surface area contributed by atoms with Gasteiger partial charge in [0.15, 0.2) is 5.82 Å². The van der Waals surface area contributed by atoms with E-state index in [1.54, 1.807) is 4.90 Å². The van der Waals surface area contributed by atoms with Gasteiger partial charge in [0.25, 0.3) is 0 Å². The molecule has 1 aromatic heterocycles. The molecule has 0 aromatic carbocycles. The third-order valence-electron chi connectivity index (χ3n) is 2.49. The van der Waals surface area contributed by atoms with Crippen molar-refractivity contribution in [1.29, 1.82) is 5.26 Å². The van der Waals surface area contributed by atoms with E-state index in [0.717, 1.165) is 5.33 Å². The molecular weight excluding hydrogens is 272 g/mol. The van der Waals surface area contributed by atoms with Gasteiger partial charge in [-0.1, -0.05) is 15.9 Å². The van der Waals surface area contributed by atoms with Crippen LogP contribution in [0.25, 0.3) is 0 Å². The number of halogens is 1. The molecule has 1 atom stereocenters. The molecule has 0 spiro atoms. The molecule has 2 rings (SSSR count). The van der Waals surface area contributed by atoms with Gasteiger partial charge in [-0.05, 0) is 5.92 Å². The Morgan fingerprint density at radius 2 is 2.50 bits per heavy atom. The van der Waals surface area contributed by atoms with Crippen LogP contribution >= 0.6 is 15.9 Å². The minimum Gasteiger partial charge on any atom is -0.295 e. The molecule has 0 radical (unpaired) electrons. The van der Waals surface area contributed by atoms with Gasteiger partial charge in [0.2, 0.25) is 5.91 Å². The summed E-state index contributed by atoms with van der Waals surface area (Å²) in [6, 6.07) is 2.00. The van der Waals surface area contributed by atoms with Crippen LogP contribution in [0, 0.1) is 17.2 Å². The van der Waals surface area contributed by atoms with Crippen molar-refractivity contribution in [3.8, 4) is 6.07 Å². The lowest BCUT2D eigenvalue weighted by molar-refractivity contribution is -0.117. The maximum absolute atomic E-state index is 11.7. The SMILES string of the molecule is N#Cc1cncnc1N1CC(CBr)CC1=O. The van der Waals surface area contributed by atoms with Crippen LogP contribution in [0.3, 0.4) is 0 Å². The average Bonchev–Trinajstić information content (AvgIpc) is 2.70. The molecular formula is C10H9BrN4O. The number of hydrogen-bond acceptors (Lipinski definition) is 4. The Kier molecular flexibility index (Phi) is 3.15. The smallest absolute Gasteiger partial charge is 0.228 e. The Labute approximate surface area is 101 Å². The molecule has 1 saturated heterocycles. The molecule has 1 fully saturated rings. The van der Waals surface area contributed by atoms with Crippen molar-refractivity contribution in [2.75, 3.05) is 16.8 Å². The van der Waals surface area contributed by atoms with E-state index < -0.39 is 0 Å². The fourth-order valence-corrected chi connectivity index (χ4v) is 2.14. The third-order valence-corrected chi connectivity index (χ3v) is 3.41. The van der Waals surface area contributed by atoms with Gasteiger partial charge in [0.05, 0.1) is 6.20 Å². The summed E-state index contributed by atoms with van der Waals surface area (Å²) in [5.41, 5.74) is 0.339. The van der Waals surface area contributed by atoms with Gasteiger partial charge in [-0.2, -0.15) is 5.26 Å². The van der Waals surface area contributed by atoms with Gasteiger partial charge in [0, 0.05) is 18.3 Å². The molecule has 2 heterocycles. The molecule has 16 heavy (non-hydrogen) atoms. The van der Waals surface area contributed by atoms with Crippen molar-refractivity contribution in [1.82, 2.24) is 9.97 Å². The highest BCUT2D eigenvalue weighted by Gasteiger charge is 2.31. The highest BCUT2D eigenvalue weighted by Crippen LogP contribution is 2.26. The molecule has 5 nitrogen and oxygen atoms in total. The number of hydrogen-bond donors (Lipinski definition) is 0. The van der Waals surface area contributed by atoms with Crippen LogP contribution in [0.1, 0.15) is 12.0 Å². The van der Waals surface area contributed by atoms with Gasteiger partial charge in [-0.25, -0.2) is 9.97 Å². The molecule has 1 aliphatic rings. The Morgan fingerprint density at radius 1 is 1.69 bits per heavy atom. The highest BCUT2D eigenvalue weighted by atomic mass is 79.9. The fourth-order valence-electron chi connectivity index (χ4n) is 1.71. The first-order valence-corrected chi connectivity index (χ1v) is 5.95. The maximum Gasteiger partial charge on any atom is 0.228 e. The lowest BCUT2D eigenvalue weighted by Crippen LogP contribution is -2.26. The molecule has 0 bridgehead atoms. The normalized spacial score (nSPS) is 19.9. The van der Waals surface area contributed by atoms with Crippen molar-refractivity contribution in [3.05, 3.63) is 18.1 Å². The zero-order valence-electron chi connectivity index (χ0n) is 8.43. The summed E-state index contributed by atoms with van der Waals surface area (Å²) in [6.45, 7) is 0.607. The molecule has 1 aliphatic heterocycles. The number of rotatable bonds is 2. The molecule has 1 amide bonds. The molecule has 6 heteroatoms. The van der Waals surface area contributed by atoms with Crippen LogP contribution in [0.2, 0.25) is 0 Å². The van der Waals surface area contributed by atoms with Gasteiger partial charge in [-0.3, -0.25) is 9.69 Å². The van der Waals surface area contributed by atoms with E-state index in [9.17, 15) is 4.79 Å². The van der Waals surface area contributed by atoms with Crippen molar-refractivity contribution in [2.45, 2.75) is 6.42 Å². The second-order valence-corrected chi connectivity index (χ2v) is 4.25. The molecule has 0 aliphatic carbocycles. The van der Waals surface area contributed by atoms with E-state index in [0.29, 0.717) is 24.3 Å². The number of amides is 1. The minimum atomic E-state index is 0.0136. The zero-order chi connectivity index (χ0) is 11.5. The van der Waals surface area contributed by atoms with Crippen molar-refractivity contribution in [3.63, 3.8) is 0 Å². The number of nitrogens with zero attached hydrogens (tertiary/aromatic N) is 4. The predicted molar refractivity (Wildman–Crippen MR) is 61.0 cm³/mol. The number of carbonyl (C=O) groups excluding carboxylic acids is 1. The average molecular weight is 281 g/mol. The summed E-state index contributed by atoms with van der Waals surface area (Å²) in [6.07, 6.45) is 3.28. The summed E-state index contributed by atoms with van der Waals surface area (Å²) in [5, 5.41) is 9.69. The number of alkyl halides is 1. The number of aromatic nitrogens is 2. The Bertz CT molecular complexity index is 456. The Balaban J connectivity index is 2.32. The quantitative estimate of drug-likeness (QED) is 0.761. The van der Waals surface area contributed by atoms with E-state index in [1.807, 2.05) is 6.07 Å². The summed E-state index contributed by atoms with van der Waals surface area (Å²) in [5.74, 6) is 0.722. The molecule has 82 valence electrons. The second-order valence-electron chi connectivity index (χ2n) is 3.60. The Hall–Kier alpha value is -1.48. The monoisotopic (exact) mass is 280 g/mol. The van der Waals surface area contributed by atoms with Crippen molar-refractivity contribution in [2.24, 2.45) is 5.92 Å². The van der Waals surface area contributed by atoms with Crippen LogP contribution < -0.4 is 4.90 Å². The van der Waals surface area contributed by atoms with Crippen LogP contribution in [-0.2, 0) is 4.79 Å². The maximum atomic E-state index is 11.7. The summed E-state index contributed by atoms with van der Waals surface area (Å²) >= 11 is 3.36. The number of nitriles is 1. The van der Waals surface area contributed by atoms with E-state index in [1.165, 1.54) is 12.5 Å². The van der Waals surface area contributed by atoms with Crippen LogP contribution in [-0.4, -0.2) is 27.7 Å². The first-order valence-electron chi connectivity index (χ1n) is 4.82. The van der Waals surface area contributed by atoms with E-state index in [2.05, 4.69) is 25.9 Å². The first kappa shape index (κ1) is 11.0. The van der Waals surface area contributed by atoms with Crippen molar-refractivity contribution >= 4 is 27.7 Å². The minimum absolute atomic E-state index is 0.0136. The lowest BCUT2D eigenvalue weighted by atomic mass is 10.2. The largest absolute Gasteiger partial charge is 0.295 e. The summed E-state index contributed by atoms with van der Waals surface area (Å²) in [4.78, 5) is 21.1. The standard InChI is InChI=1S/C10H9BrN4O/c11-2-7-1-9(16)15(5-7)10-8(3-12)4-13-6-14-10/h4,6-7H,1-2,5H2.